The van der Waals surface area contributed by atoms with E-state index in [1.54, 1.807) is 4.90 Å². The molecule has 0 aromatic heterocycles. The minimum absolute atomic E-state index is 0.0678. The summed E-state index contributed by atoms with van der Waals surface area (Å²) in [5.41, 5.74) is 6.68. The number of halogens is 1. The lowest BCUT2D eigenvalue weighted by Crippen LogP contribution is -2.40. The predicted molar refractivity (Wildman–Crippen MR) is 113 cm³/mol. The van der Waals surface area contributed by atoms with Gasteiger partial charge in [-0.05, 0) is 43.1 Å². The third kappa shape index (κ3) is 4.88. The van der Waals surface area contributed by atoms with Gasteiger partial charge in [-0.3, -0.25) is 9.59 Å². The molecule has 1 fully saturated rings. The van der Waals surface area contributed by atoms with Crippen LogP contribution in [0.3, 0.4) is 0 Å². The number of hydrogen-bond donors (Lipinski definition) is 3. The summed E-state index contributed by atoms with van der Waals surface area (Å²) in [6.45, 7) is 1.83. The van der Waals surface area contributed by atoms with Crippen molar-refractivity contribution < 1.29 is 23.5 Å². The maximum Gasteiger partial charge on any atom is 0.262 e. The lowest BCUT2D eigenvalue weighted by Gasteiger charge is -2.32. The van der Waals surface area contributed by atoms with E-state index in [2.05, 4.69) is 10.6 Å². The molecule has 31 heavy (non-hydrogen) atoms. The summed E-state index contributed by atoms with van der Waals surface area (Å²) in [5.74, 6) is -0.189. The normalized spacial score (nSPS) is 19.8. The third-order valence-electron chi connectivity index (χ3n) is 5.44. The van der Waals surface area contributed by atoms with Crippen LogP contribution in [0.25, 0.3) is 0 Å². The first kappa shape index (κ1) is 20.9. The zero-order valence-electron chi connectivity index (χ0n) is 17.0. The standard InChI is InChI=1S/C22H25FN4O4/c23-17-11-19-18(26-20(28)13-30-19)10-16(17)22(29)27-8-5-14(6-9-27)12-31-21-3-1-2-15(25-21)4-7-24/h1-4,10-11,14,25H,5-9,12-13,24H2,(H,26,28)/b15-4-. The van der Waals surface area contributed by atoms with Crippen LogP contribution in [0.2, 0.25) is 0 Å². The average Bonchev–Trinajstić information content (AvgIpc) is 2.78. The highest BCUT2D eigenvalue weighted by Crippen LogP contribution is 2.31. The Morgan fingerprint density at radius 1 is 1.32 bits per heavy atom. The van der Waals surface area contributed by atoms with Crippen molar-refractivity contribution in [2.24, 2.45) is 11.7 Å². The fourth-order valence-electron chi connectivity index (χ4n) is 3.74. The fourth-order valence-corrected chi connectivity index (χ4v) is 3.74. The Balaban J connectivity index is 1.31. The van der Waals surface area contributed by atoms with Gasteiger partial charge >= 0.3 is 0 Å². The molecule has 2 amide bonds. The molecule has 0 aliphatic carbocycles. The molecular weight excluding hydrogens is 403 g/mol. The third-order valence-corrected chi connectivity index (χ3v) is 5.44. The van der Waals surface area contributed by atoms with Gasteiger partial charge < -0.3 is 30.7 Å². The number of dihydropyridines is 1. The molecule has 0 spiro atoms. The zero-order chi connectivity index (χ0) is 21.8. The second-order valence-corrected chi connectivity index (χ2v) is 7.62. The van der Waals surface area contributed by atoms with Crippen LogP contribution in [0.4, 0.5) is 10.1 Å². The van der Waals surface area contributed by atoms with Crippen LogP contribution in [0, 0.1) is 11.7 Å². The van der Waals surface area contributed by atoms with E-state index in [-0.39, 0.29) is 23.8 Å². The van der Waals surface area contributed by atoms with E-state index in [1.165, 1.54) is 6.07 Å². The summed E-state index contributed by atoms with van der Waals surface area (Å²) in [7, 11) is 0. The number of nitrogens with two attached hydrogens (primary N) is 1. The van der Waals surface area contributed by atoms with Crippen molar-refractivity contribution in [3.8, 4) is 5.75 Å². The van der Waals surface area contributed by atoms with Crippen LogP contribution < -0.4 is 21.1 Å². The molecule has 1 saturated heterocycles. The largest absolute Gasteiger partial charge is 0.481 e. The van der Waals surface area contributed by atoms with Crippen LogP contribution in [0.5, 0.6) is 5.75 Å². The highest BCUT2D eigenvalue weighted by molar-refractivity contribution is 6.00. The van der Waals surface area contributed by atoms with Gasteiger partial charge in [0.15, 0.2) is 12.5 Å². The van der Waals surface area contributed by atoms with E-state index in [9.17, 15) is 14.0 Å². The molecule has 4 N–H and O–H groups in total. The number of carbonyl (C=O) groups excluding carboxylic acids is 2. The molecule has 0 saturated carbocycles. The number of nitrogens with zero attached hydrogens (tertiary/aromatic N) is 1. The molecule has 0 radical (unpaired) electrons. The second-order valence-electron chi connectivity index (χ2n) is 7.62. The molecule has 0 unspecified atom stereocenters. The fraction of sp³-hybridized carbons (Fsp3) is 0.364. The Morgan fingerprint density at radius 3 is 2.90 bits per heavy atom. The van der Waals surface area contributed by atoms with E-state index in [1.807, 2.05) is 24.3 Å². The molecule has 0 atom stereocenters. The Kier molecular flexibility index (Phi) is 6.22. The van der Waals surface area contributed by atoms with Crippen LogP contribution in [0.15, 0.2) is 48.0 Å². The van der Waals surface area contributed by atoms with Crippen LogP contribution >= 0.6 is 0 Å². The average molecular weight is 428 g/mol. The zero-order valence-corrected chi connectivity index (χ0v) is 17.0. The summed E-state index contributed by atoms with van der Waals surface area (Å²) in [4.78, 5) is 26.0. The van der Waals surface area contributed by atoms with Gasteiger partial charge in [0, 0.05) is 31.4 Å². The number of fused-ring (bicyclic) bond motifs is 1. The van der Waals surface area contributed by atoms with Gasteiger partial charge in [-0.15, -0.1) is 0 Å². The first-order valence-corrected chi connectivity index (χ1v) is 10.3. The number of hydrogen-bond acceptors (Lipinski definition) is 6. The SMILES string of the molecule is NC/C=C1/C=CC=C(OCC2CCN(C(=O)c3cc4c(cc3F)OCC(=O)N4)CC2)N1. The number of benzene rings is 1. The van der Waals surface area contributed by atoms with E-state index >= 15 is 0 Å². The number of likely N-dealkylation sites (tertiary alicyclic amines) is 1. The molecule has 3 aliphatic rings. The molecule has 1 aromatic carbocycles. The smallest absolute Gasteiger partial charge is 0.262 e. The van der Waals surface area contributed by atoms with E-state index in [0.29, 0.717) is 43.7 Å². The molecule has 164 valence electrons. The summed E-state index contributed by atoms with van der Waals surface area (Å²) < 4.78 is 25.5. The monoisotopic (exact) mass is 428 g/mol. The number of amides is 2. The number of nitrogens with one attached hydrogen (secondary N) is 2. The first-order valence-electron chi connectivity index (χ1n) is 10.3. The van der Waals surface area contributed by atoms with Crippen molar-refractivity contribution in [2.45, 2.75) is 12.8 Å². The summed E-state index contributed by atoms with van der Waals surface area (Å²) in [6, 6.07) is 2.50. The van der Waals surface area contributed by atoms with Gasteiger partial charge in [0.1, 0.15) is 11.6 Å². The maximum absolute atomic E-state index is 14.5. The van der Waals surface area contributed by atoms with Crippen LogP contribution in [0.1, 0.15) is 23.2 Å². The molecule has 1 aromatic rings. The van der Waals surface area contributed by atoms with Crippen LogP contribution in [-0.4, -0.2) is 49.6 Å². The van der Waals surface area contributed by atoms with Gasteiger partial charge in [-0.25, -0.2) is 4.39 Å². The molecule has 3 aliphatic heterocycles. The number of allylic oxidation sites excluding steroid dienone is 3. The molecule has 0 bridgehead atoms. The quantitative estimate of drug-likeness (QED) is 0.661. The number of anilines is 1. The van der Waals surface area contributed by atoms with E-state index in [0.717, 1.165) is 24.6 Å². The van der Waals surface area contributed by atoms with E-state index < -0.39 is 11.7 Å². The van der Waals surface area contributed by atoms with E-state index in [4.69, 9.17) is 15.2 Å². The highest BCUT2D eigenvalue weighted by atomic mass is 19.1. The second kappa shape index (κ2) is 9.22. The predicted octanol–water partition coefficient (Wildman–Crippen LogP) is 1.87. The van der Waals surface area contributed by atoms with Crippen molar-refractivity contribution in [1.82, 2.24) is 10.2 Å². The summed E-state index contributed by atoms with van der Waals surface area (Å²) in [5, 5.41) is 5.77. The Labute approximate surface area is 179 Å². The van der Waals surface area contributed by atoms with Gasteiger partial charge in [0.2, 0.25) is 0 Å². The van der Waals surface area contributed by atoms with Crippen molar-refractivity contribution in [2.75, 3.05) is 38.2 Å². The number of piperidine rings is 1. The molecular formula is C22H25FN4O4. The van der Waals surface area contributed by atoms with Gasteiger partial charge in [0.05, 0.1) is 17.9 Å². The lowest BCUT2D eigenvalue weighted by atomic mass is 9.97. The first-order chi connectivity index (χ1) is 15.0. The summed E-state index contributed by atoms with van der Waals surface area (Å²) >= 11 is 0. The topological polar surface area (TPSA) is 106 Å². The van der Waals surface area contributed by atoms with Gasteiger partial charge in [-0.1, -0.05) is 6.08 Å². The van der Waals surface area contributed by atoms with Crippen LogP contribution in [-0.2, 0) is 9.53 Å². The lowest BCUT2D eigenvalue weighted by molar-refractivity contribution is -0.118. The van der Waals surface area contributed by atoms with Gasteiger partial charge in [-0.2, -0.15) is 0 Å². The number of carbonyl (C=O) groups is 2. The molecule has 9 heteroatoms. The van der Waals surface area contributed by atoms with Crippen molar-refractivity contribution in [3.05, 3.63) is 59.4 Å². The number of ether oxygens (including phenoxy) is 2. The molecule has 8 nitrogen and oxygen atoms in total. The molecule has 3 heterocycles. The Morgan fingerprint density at radius 2 is 2.13 bits per heavy atom. The van der Waals surface area contributed by atoms with Crippen molar-refractivity contribution in [3.63, 3.8) is 0 Å². The van der Waals surface area contributed by atoms with Crippen molar-refractivity contribution in [1.29, 1.82) is 0 Å². The Hall–Kier alpha value is -3.33. The number of rotatable bonds is 5. The Bertz CT molecular complexity index is 965. The van der Waals surface area contributed by atoms with Gasteiger partial charge in [0.25, 0.3) is 11.8 Å². The van der Waals surface area contributed by atoms with Crippen molar-refractivity contribution >= 4 is 17.5 Å². The molecule has 4 rings (SSSR count). The summed E-state index contributed by atoms with van der Waals surface area (Å²) in [6.07, 6.45) is 9.05. The minimum Gasteiger partial charge on any atom is -0.481 e. The highest BCUT2D eigenvalue weighted by Gasteiger charge is 2.28. The minimum atomic E-state index is -0.657. The maximum atomic E-state index is 14.5.